The Morgan fingerprint density at radius 1 is 0.537 bits per heavy atom. The molecule has 0 aliphatic rings. The van der Waals surface area contributed by atoms with Crippen LogP contribution in [0.15, 0.2) is 0 Å². The molecule has 0 aromatic rings. The highest BCUT2D eigenvalue weighted by Crippen LogP contribution is 2.58. The molecule has 0 spiro atoms. The van der Waals surface area contributed by atoms with Crippen LogP contribution in [0.4, 0.5) is 0 Å². The van der Waals surface area contributed by atoms with E-state index in [-0.39, 0.29) is 26.1 Å². The number of esters is 2. The molecule has 2 atom stereocenters. The molecule has 12 heteroatoms. The summed E-state index contributed by atoms with van der Waals surface area (Å²) in [6.07, 6.45) is 36.0. The van der Waals surface area contributed by atoms with Crippen LogP contribution in [0.1, 0.15) is 219 Å². The molecule has 10 nitrogen and oxygen atoms in total. The third kappa shape index (κ3) is 35.9. The summed E-state index contributed by atoms with van der Waals surface area (Å²) in [6, 6.07) is 0. The molecule has 0 aliphatic carbocycles. The number of unbranched alkanes of at least 4 members (excludes halogenated alkanes) is 28. The normalized spacial score (nSPS) is 13.8. The van der Waals surface area contributed by atoms with Crippen LogP contribution in [0, 0.1) is 0 Å². The van der Waals surface area contributed by atoms with E-state index in [2.05, 4.69) is 13.8 Å². The molecule has 0 saturated heterocycles. The van der Waals surface area contributed by atoms with Crippen LogP contribution in [-0.4, -0.2) is 60.8 Å². The fourth-order valence-corrected chi connectivity index (χ4v) is 7.72. The minimum Gasteiger partial charge on any atom is -0.457 e. The van der Waals surface area contributed by atoms with Crippen molar-refractivity contribution in [2.45, 2.75) is 232 Å². The first kappa shape index (κ1) is 53.5. The van der Waals surface area contributed by atoms with Crippen molar-refractivity contribution in [1.82, 2.24) is 0 Å². The standard InChI is InChI=1S/C42H84NO9PS/c1-3-5-7-9-11-13-15-17-19-21-23-25-27-29-31-33-41(46)50-39(35-44)37-48-53(54,52-43)49-38-40(36-45)51-42(47)34-32-30-28-26-24-22-20-18-16-14-12-10-8-6-4-2/h39-40,44-45H,3-38,43H2,1-2H3/q+1/t39-,40-/m1/s1. The van der Waals surface area contributed by atoms with E-state index in [1.807, 2.05) is 0 Å². The molecule has 0 saturated carbocycles. The van der Waals surface area contributed by atoms with Gasteiger partial charge in [0.15, 0.2) is 12.7 Å². The van der Waals surface area contributed by atoms with Gasteiger partial charge in [-0.1, -0.05) is 194 Å². The van der Waals surface area contributed by atoms with E-state index < -0.39 is 44.5 Å². The van der Waals surface area contributed by atoms with Crippen LogP contribution in [0.2, 0.25) is 0 Å². The average molecular weight is 810 g/mol. The molecule has 0 aliphatic heterocycles. The molecule has 0 rings (SSSR count). The first-order chi connectivity index (χ1) is 26.3. The molecule has 0 aromatic heterocycles. The lowest BCUT2D eigenvalue weighted by Crippen LogP contribution is -2.30. The summed E-state index contributed by atoms with van der Waals surface area (Å²) in [6.45, 7) is 3.01. The van der Waals surface area contributed by atoms with Crippen LogP contribution < -0.4 is 5.90 Å². The van der Waals surface area contributed by atoms with E-state index >= 15 is 0 Å². The third-order valence-corrected chi connectivity index (χ3v) is 12.0. The smallest absolute Gasteiger partial charge is 0.457 e. The zero-order valence-electron chi connectivity index (χ0n) is 34.8. The fraction of sp³-hybridized carbons (Fsp3) is 0.952. The van der Waals surface area contributed by atoms with Crippen molar-refractivity contribution < 1.29 is 42.9 Å². The van der Waals surface area contributed by atoms with Gasteiger partial charge in [-0.05, 0) is 12.8 Å². The second-order valence-corrected chi connectivity index (χ2v) is 18.1. The molecule has 0 bridgehead atoms. The third-order valence-electron chi connectivity index (χ3n) is 9.94. The fourth-order valence-electron chi connectivity index (χ4n) is 6.47. The number of rotatable bonds is 43. The van der Waals surface area contributed by atoms with Gasteiger partial charge >= 0.3 is 19.1 Å². The highest BCUT2D eigenvalue weighted by molar-refractivity contribution is 8.35. The number of aliphatic hydroxyl groups is 2. The van der Waals surface area contributed by atoms with E-state index in [0.717, 1.165) is 38.5 Å². The zero-order chi connectivity index (χ0) is 39.8. The zero-order valence-corrected chi connectivity index (χ0v) is 36.5. The number of aliphatic hydroxyl groups excluding tert-OH is 2. The summed E-state index contributed by atoms with van der Waals surface area (Å²) >= 11 is 5.28. The van der Waals surface area contributed by atoms with Crippen LogP contribution >= 0.6 is 7.15 Å². The lowest BCUT2D eigenvalue weighted by molar-refractivity contribution is -0.153. The molecular formula is C42H84NO9PS+. The molecule has 1 radical (unpaired) electrons. The topological polar surface area (TPSA) is 150 Å². The predicted molar refractivity (Wildman–Crippen MR) is 224 cm³/mol. The highest BCUT2D eigenvalue weighted by Gasteiger charge is 2.35. The van der Waals surface area contributed by atoms with Gasteiger partial charge < -0.3 is 31.9 Å². The number of nitrogens with two attached hydrogens (primary N) is 1. The van der Waals surface area contributed by atoms with Gasteiger partial charge in [-0.2, -0.15) is 14.9 Å². The summed E-state index contributed by atoms with van der Waals surface area (Å²) in [5, 5.41) is 19.5. The lowest BCUT2D eigenvalue weighted by atomic mass is 10.0. The van der Waals surface area contributed by atoms with E-state index in [9.17, 15) is 19.8 Å². The molecule has 0 heterocycles. The SMILES string of the molecule is CCCCCCCCCCCCCCCCCC(=O)O[C@H](CO)CO[P+]([S-])(ON)OC[C@@H](CO)OC(=[O+])CCCCCCCCCCCCCCCCC. The van der Waals surface area contributed by atoms with Crippen molar-refractivity contribution in [3.05, 3.63) is 0 Å². The number of ether oxygens (including phenoxy) is 2. The van der Waals surface area contributed by atoms with Gasteiger partial charge in [0.25, 0.3) is 0 Å². The summed E-state index contributed by atoms with van der Waals surface area (Å²) in [7, 11) is -3.52. The maximum Gasteiger partial charge on any atom is 0.574 e. The summed E-state index contributed by atoms with van der Waals surface area (Å²) in [5.74, 6) is 4.52. The van der Waals surface area contributed by atoms with E-state index in [4.69, 9.17) is 41.3 Å². The summed E-state index contributed by atoms with van der Waals surface area (Å²) < 4.78 is 26.6. The van der Waals surface area contributed by atoms with Gasteiger partial charge in [-0.3, -0.25) is 4.79 Å². The minimum atomic E-state index is -3.52. The number of carbonyl (C=O) groups excluding carboxylic acids is 2. The van der Waals surface area contributed by atoms with Gasteiger partial charge in [0, 0.05) is 11.2 Å². The molecule has 0 fully saturated rings. The molecule has 0 amide bonds. The van der Waals surface area contributed by atoms with Gasteiger partial charge in [0.05, 0.1) is 6.61 Å². The highest BCUT2D eigenvalue weighted by atomic mass is 32.7. The Balaban J connectivity index is 3.98. The Kier molecular flexibility index (Phi) is 40.3. The Morgan fingerprint density at radius 3 is 1.15 bits per heavy atom. The van der Waals surface area contributed by atoms with Crippen molar-refractivity contribution in [1.29, 1.82) is 0 Å². The molecule has 321 valence electrons. The average Bonchev–Trinajstić information content (AvgIpc) is 3.17. The first-order valence-electron chi connectivity index (χ1n) is 22.2. The summed E-state index contributed by atoms with van der Waals surface area (Å²) in [4.78, 5) is 24.7. The number of carbonyl (C=O) groups is 2. The van der Waals surface area contributed by atoms with Gasteiger partial charge in [0.1, 0.15) is 19.6 Å². The van der Waals surface area contributed by atoms with E-state index in [1.165, 1.54) is 154 Å². The molecule has 0 unspecified atom stereocenters. The van der Waals surface area contributed by atoms with Crippen molar-refractivity contribution in [3.63, 3.8) is 0 Å². The second-order valence-electron chi connectivity index (χ2n) is 15.1. The Hall–Kier alpha value is -0.520. The Morgan fingerprint density at radius 2 is 0.833 bits per heavy atom. The van der Waals surface area contributed by atoms with Gasteiger partial charge in [0.2, 0.25) is 6.10 Å². The molecule has 4 N–H and O–H groups in total. The maximum absolute atomic E-state index is 12.4. The first-order valence-corrected chi connectivity index (χ1v) is 24.8. The number of hydrogen-bond donors (Lipinski definition) is 3. The maximum atomic E-state index is 12.4. The molecule has 0 aromatic carbocycles. The van der Waals surface area contributed by atoms with E-state index in [0.29, 0.717) is 0 Å². The van der Waals surface area contributed by atoms with Crippen molar-refractivity contribution >= 4 is 31.3 Å². The van der Waals surface area contributed by atoms with E-state index in [1.54, 1.807) is 0 Å². The van der Waals surface area contributed by atoms with Crippen molar-refractivity contribution in [3.8, 4) is 0 Å². The molecular weight excluding hydrogens is 726 g/mol. The number of hydrogen-bond acceptors (Lipinski definition) is 11. The van der Waals surface area contributed by atoms with Crippen molar-refractivity contribution in [2.24, 2.45) is 5.90 Å². The Labute approximate surface area is 337 Å². The van der Waals surface area contributed by atoms with Crippen LogP contribution in [0.3, 0.4) is 0 Å². The quantitative estimate of drug-likeness (QED) is 0.0135. The second kappa shape index (κ2) is 40.7. The van der Waals surface area contributed by atoms with Gasteiger partial charge in [-0.25, -0.2) is 0 Å². The largest absolute Gasteiger partial charge is 0.574 e. The molecule has 54 heavy (non-hydrogen) atoms. The van der Waals surface area contributed by atoms with Crippen LogP contribution in [-0.2, 0) is 45.0 Å². The lowest BCUT2D eigenvalue weighted by Gasteiger charge is -2.26. The van der Waals surface area contributed by atoms with Crippen LogP contribution in [0.5, 0.6) is 0 Å². The summed E-state index contributed by atoms with van der Waals surface area (Å²) in [5.41, 5.74) is 0. The Bertz CT molecular complexity index is 769. The predicted octanol–water partition coefficient (Wildman–Crippen LogP) is 11.5. The monoisotopic (exact) mass is 810 g/mol. The van der Waals surface area contributed by atoms with Crippen LogP contribution in [0.25, 0.3) is 0 Å². The van der Waals surface area contributed by atoms with Crippen molar-refractivity contribution in [2.75, 3.05) is 26.4 Å². The van der Waals surface area contributed by atoms with Gasteiger partial charge in [-0.15, -0.1) is 4.62 Å². The minimum absolute atomic E-state index is 0.260.